The number of nitrogens with zero attached hydrogens (tertiary/aromatic N) is 1. The fourth-order valence-corrected chi connectivity index (χ4v) is 4.46. The number of amides is 1. The molecule has 1 aromatic rings. The summed E-state index contributed by atoms with van der Waals surface area (Å²) in [6, 6.07) is 5.31. The molecule has 1 fully saturated rings. The number of benzene rings is 1. The first kappa shape index (κ1) is 18.9. The molecule has 0 radical (unpaired) electrons. The van der Waals surface area contributed by atoms with Crippen molar-refractivity contribution in [1.29, 1.82) is 0 Å². The molecule has 1 aliphatic rings. The van der Waals surface area contributed by atoms with Gasteiger partial charge in [0.25, 0.3) is 0 Å². The smallest absolute Gasteiger partial charge is 0.243 e. The number of rotatable bonds is 7. The Hall–Kier alpha value is -1.44. The number of aryl methyl sites for hydroxylation is 2. The van der Waals surface area contributed by atoms with Crippen LogP contribution in [0, 0.1) is 13.8 Å². The van der Waals surface area contributed by atoms with E-state index in [4.69, 9.17) is 4.74 Å². The summed E-state index contributed by atoms with van der Waals surface area (Å²) in [6.45, 7) is 6.56. The van der Waals surface area contributed by atoms with Gasteiger partial charge in [0, 0.05) is 19.7 Å². The lowest BCUT2D eigenvalue weighted by atomic mass is 10.2. The second-order valence-corrected chi connectivity index (χ2v) is 8.05. The van der Waals surface area contributed by atoms with E-state index in [-0.39, 0.29) is 30.0 Å². The highest BCUT2D eigenvalue weighted by Gasteiger charge is 2.27. The van der Waals surface area contributed by atoms with E-state index in [9.17, 15) is 13.2 Å². The van der Waals surface area contributed by atoms with Gasteiger partial charge in [-0.15, -0.1) is 0 Å². The second kappa shape index (κ2) is 8.09. The summed E-state index contributed by atoms with van der Waals surface area (Å²) in [5.41, 5.74) is 1.55. The first-order chi connectivity index (χ1) is 11.3. The average Bonchev–Trinajstić information content (AvgIpc) is 3.06. The topological polar surface area (TPSA) is 75.7 Å². The molecule has 1 saturated heterocycles. The Morgan fingerprint density at radius 3 is 2.75 bits per heavy atom. The summed E-state index contributed by atoms with van der Waals surface area (Å²) in [5, 5.41) is 2.77. The SMILES string of the molecule is CCN(CC(=O)NCC1CCCO1)S(=O)(=O)c1cc(C)ccc1C. The van der Waals surface area contributed by atoms with Gasteiger partial charge in [-0.05, 0) is 43.9 Å². The van der Waals surface area contributed by atoms with Gasteiger partial charge in [-0.2, -0.15) is 4.31 Å². The third-order valence-electron chi connectivity index (χ3n) is 4.19. The third kappa shape index (κ3) is 4.55. The van der Waals surface area contributed by atoms with Gasteiger partial charge in [0.15, 0.2) is 0 Å². The summed E-state index contributed by atoms with van der Waals surface area (Å²) in [5.74, 6) is -0.304. The Bertz CT molecular complexity index is 682. The van der Waals surface area contributed by atoms with E-state index in [0.717, 1.165) is 25.0 Å². The zero-order valence-electron chi connectivity index (χ0n) is 14.5. The Kier molecular flexibility index (Phi) is 6.37. The van der Waals surface area contributed by atoms with E-state index in [2.05, 4.69) is 5.32 Å². The van der Waals surface area contributed by atoms with Crippen molar-refractivity contribution in [3.8, 4) is 0 Å². The van der Waals surface area contributed by atoms with Gasteiger partial charge in [0.1, 0.15) is 0 Å². The molecule has 1 heterocycles. The van der Waals surface area contributed by atoms with Gasteiger partial charge in [-0.1, -0.05) is 19.1 Å². The largest absolute Gasteiger partial charge is 0.376 e. The Morgan fingerprint density at radius 2 is 2.12 bits per heavy atom. The van der Waals surface area contributed by atoms with Crippen LogP contribution in [0.5, 0.6) is 0 Å². The standard InChI is InChI=1S/C17H26N2O4S/c1-4-19(12-17(20)18-11-15-6-5-9-23-15)24(21,22)16-10-13(2)7-8-14(16)3/h7-8,10,15H,4-6,9,11-12H2,1-3H3,(H,18,20). The minimum atomic E-state index is -3.70. The molecule has 1 aromatic carbocycles. The van der Waals surface area contributed by atoms with E-state index >= 15 is 0 Å². The summed E-state index contributed by atoms with van der Waals surface area (Å²) in [7, 11) is -3.70. The molecule has 0 aliphatic carbocycles. The normalized spacial score (nSPS) is 18.1. The molecule has 0 aromatic heterocycles. The predicted molar refractivity (Wildman–Crippen MR) is 92.3 cm³/mol. The van der Waals surface area contributed by atoms with Crippen LogP contribution < -0.4 is 5.32 Å². The summed E-state index contributed by atoms with van der Waals surface area (Å²) >= 11 is 0. The molecule has 6 nitrogen and oxygen atoms in total. The number of ether oxygens (including phenoxy) is 1. The van der Waals surface area contributed by atoms with Crippen molar-refractivity contribution in [3.05, 3.63) is 29.3 Å². The van der Waals surface area contributed by atoms with E-state index < -0.39 is 10.0 Å². The van der Waals surface area contributed by atoms with Crippen LogP contribution in [0.25, 0.3) is 0 Å². The number of nitrogens with one attached hydrogen (secondary N) is 1. The number of sulfonamides is 1. The van der Waals surface area contributed by atoms with E-state index in [1.807, 2.05) is 13.0 Å². The van der Waals surface area contributed by atoms with Gasteiger partial charge >= 0.3 is 0 Å². The maximum atomic E-state index is 12.9. The van der Waals surface area contributed by atoms with Crippen LogP contribution >= 0.6 is 0 Å². The molecule has 1 aliphatic heterocycles. The quantitative estimate of drug-likeness (QED) is 0.807. The highest BCUT2D eigenvalue weighted by atomic mass is 32.2. The highest BCUT2D eigenvalue weighted by Crippen LogP contribution is 2.21. The van der Waals surface area contributed by atoms with Crippen molar-refractivity contribution in [1.82, 2.24) is 9.62 Å². The van der Waals surface area contributed by atoms with Gasteiger partial charge in [-0.25, -0.2) is 8.42 Å². The van der Waals surface area contributed by atoms with Crippen LogP contribution in [0.15, 0.2) is 23.1 Å². The predicted octanol–water partition coefficient (Wildman–Crippen LogP) is 1.61. The van der Waals surface area contributed by atoms with Crippen molar-refractivity contribution < 1.29 is 17.9 Å². The molecular weight excluding hydrogens is 328 g/mol. The lowest BCUT2D eigenvalue weighted by Gasteiger charge is -2.22. The fourth-order valence-electron chi connectivity index (χ4n) is 2.74. The lowest BCUT2D eigenvalue weighted by Crippen LogP contribution is -2.42. The third-order valence-corrected chi connectivity index (χ3v) is 6.25. The van der Waals surface area contributed by atoms with E-state index in [1.54, 1.807) is 26.0 Å². The van der Waals surface area contributed by atoms with Crippen LogP contribution in [-0.4, -0.2) is 51.0 Å². The first-order valence-electron chi connectivity index (χ1n) is 8.30. The molecule has 24 heavy (non-hydrogen) atoms. The summed E-state index contributed by atoms with van der Waals surface area (Å²) < 4.78 is 32.4. The van der Waals surface area contributed by atoms with Crippen molar-refractivity contribution in [2.24, 2.45) is 0 Å². The fraction of sp³-hybridized carbons (Fsp3) is 0.588. The number of likely N-dealkylation sites (N-methyl/N-ethyl adjacent to an activating group) is 1. The minimum Gasteiger partial charge on any atom is -0.376 e. The summed E-state index contributed by atoms with van der Waals surface area (Å²) in [6.07, 6.45) is 1.97. The Balaban J connectivity index is 2.05. The molecule has 1 unspecified atom stereocenters. The molecule has 0 saturated carbocycles. The molecule has 0 bridgehead atoms. The van der Waals surface area contributed by atoms with Crippen molar-refractivity contribution in [2.75, 3.05) is 26.2 Å². The Labute approximate surface area is 144 Å². The lowest BCUT2D eigenvalue weighted by molar-refractivity contribution is -0.121. The van der Waals surface area contributed by atoms with Crippen LogP contribution in [0.2, 0.25) is 0 Å². The zero-order valence-corrected chi connectivity index (χ0v) is 15.4. The van der Waals surface area contributed by atoms with Crippen molar-refractivity contribution in [3.63, 3.8) is 0 Å². The number of hydrogen-bond acceptors (Lipinski definition) is 4. The van der Waals surface area contributed by atoms with Crippen LogP contribution in [0.1, 0.15) is 30.9 Å². The van der Waals surface area contributed by atoms with Gasteiger partial charge in [0.2, 0.25) is 15.9 Å². The molecule has 134 valence electrons. The molecule has 0 spiro atoms. The molecule has 2 rings (SSSR count). The van der Waals surface area contributed by atoms with Crippen molar-refractivity contribution >= 4 is 15.9 Å². The van der Waals surface area contributed by atoms with Crippen LogP contribution in [0.3, 0.4) is 0 Å². The molecule has 7 heteroatoms. The van der Waals surface area contributed by atoms with Crippen molar-refractivity contribution in [2.45, 2.75) is 44.6 Å². The van der Waals surface area contributed by atoms with E-state index in [1.165, 1.54) is 4.31 Å². The zero-order chi connectivity index (χ0) is 17.7. The number of carbonyl (C=O) groups is 1. The average molecular weight is 354 g/mol. The highest BCUT2D eigenvalue weighted by molar-refractivity contribution is 7.89. The minimum absolute atomic E-state index is 0.0413. The van der Waals surface area contributed by atoms with Gasteiger partial charge in [0.05, 0.1) is 17.5 Å². The first-order valence-corrected chi connectivity index (χ1v) is 9.74. The Morgan fingerprint density at radius 1 is 1.38 bits per heavy atom. The maximum Gasteiger partial charge on any atom is 0.243 e. The van der Waals surface area contributed by atoms with Gasteiger partial charge < -0.3 is 10.1 Å². The van der Waals surface area contributed by atoms with Gasteiger partial charge in [-0.3, -0.25) is 4.79 Å². The molecule has 1 N–H and O–H groups in total. The summed E-state index contributed by atoms with van der Waals surface area (Å²) in [4.78, 5) is 12.4. The number of hydrogen-bond donors (Lipinski definition) is 1. The van der Waals surface area contributed by atoms with Crippen LogP contribution in [-0.2, 0) is 19.6 Å². The van der Waals surface area contributed by atoms with E-state index in [0.29, 0.717) is 12.1 Å². The second-order valence-electron chi connectivity index (χ2n) is 6.14. The molecule has 1 atom stereocenters. The molecule has 1 amide bonds. The monoisotopic (exact) mass is 354 g/mol. The van der Waals surface area contributed by atoms with Crippen LogP contribution in [0.4, 0.5) is 0 Å². The number of carbonyl (C=O) groups excluding carboxylic acids is 1. The maximum absolute atomic E-state index is 12.9. The molecular formula is C17H26N2O4S.